The van der Waals surface area contributed by atoms with E-state index in [2.05, 4.69) is 47.5 Å². The predicted octanol–water partition coefficient (Wildman–Crippen LogP) is -3.37. The van der Waals surface area contributed by atoms with E-state index in [9.17, 15) is 78.9 Å². The average molecular weight is 1660 g/mol. The molecule has 4 aromatic rings. The number of aromatic hydroxyl groups is 1. The van der Waals surface area contributed by atoms with Gasteiger partial charge in [0.15, 0.2) is 6.04 Å². The Morgan fingerprint density at radius 2 is 1.10 bits per heavy atom. The van der Waals surface area contributed by atoms with Gasteiger partial charge in [-0.25, -0.2) is 4.79 Å². The standard InChI is InChI=1S/C65H90N14O19S2.Ac/c1-38(80)56-64(96)73-51(63(95)75-57(39(2)81)65(97)98)37-100-99-36-50(72-59(91)47(28-40-10-4-3-5-11-40)68-52(83)32-76-20-22-77(33-53(84)85)24-26-79(35-55(88)89)27-25-78(23-21-76)34-54(86)87)62(94)70-48(29-41-15-17-43(82)18-16-41)60(92)71-49(30-42-31-67-45-13-7-6-12-44(42)45)61(93)69-46(58(90)74-56)14-8-9-19-66;/h3-7,10-13,15-18,31,38-39,46-51,56-57,67,80-82H,8-9,14,19-30,32-37,66H2,1-2H3,(H,68,83)(H,69,93)(H,70,94)(H,71,92)(H,72,91)(H,73,96)(H,74,90)(H,75,95)(H,84,85)(H,86,87)(H,88,89)(H,97,98);/t38-,39-,46+,47-,48+,49-,50+,51?,56+,57+;/m1./s1/i;1-2. The summed E-state index contributed by atoms with van der Waals surface area (Å²) < 4.78 is 0. The zero-order chi connectivity index (χ0) is 73.0. The minimum atomic E-state index is -1.91. The first-order chi connectivity index (χ1) is 47.7. The Labute approximate surface area is 626 Å². The predicted molar refractivity (Wildman–Crippen MR) is 367 cm³/mol. The van der Waals surface area contributed by atoms with E-state index in [4.69, 9.17) is 5.73 Å². The van der Waals surface area contributed by atoms with E-state index in [0.717, 1.165) is 35.4 Å². The number of fused-ring (bicyclic) bond motifs is 1. The van der Waals surface area contributed by atoms with Crippen molar-refractivity contribution in [3.63, 3.8) is 0 Å². The molecule has 0 bridgehead atoms. The average Bonchev–Trinajstić information content (AvgIpc) is 1.75. The number of benzene rings is 3. The van der Waals surface area contributed by atoms with E-state index in [0.29, 0.717) is 34.0 Å². The molecule has 3 heterocycles. The number of aliphatic carboxylic acids is 4. The molecule has 8 amide bonds. The summed E-state index contributed by atoms with van der Waals surface area (Å²) in [5, 5.41) is 92.4. The van der Waals surface area contributed by atoms with Crippen LogP contribution in [0.3, 0.4) is 0 Å². The fourth-order valence-corrected chi connectivity index (χ4v) is 13.4. The van der Waals surface area contributed by atoms with Crippen molar-refractivity contribution in [3.8, 4) is 5.75 Å². The summed E-state index contributed by atoms with van der Waals surface area (Å²) in [5.41, 5.74) is 7.96. The number of aromatic nitrogens is 1. The number of carboxylic acids is 4. The quantitative estimate of drug-likeness (QED) is 0.0215. The van der Waals surface area contributed by atoms with Crippen LogP contribution in [0.5, 0.6) is 5.75 Å². The fourth-order valence-electron chi connectivity index (χ4n) is 11.1. The van der Waals surface area contributed by atoms with Gasteiger partial charge in [0.2, 0.25) is 47.3 Å². The van der Waals surface area contributed by atoms with Crippen molar-refractivity contribution in [1.29, 1.82) is 0 Å². The van der Waals surface area contributed by atoms with Gasteiger partial charge in [-0.2, -0.15) is 0 Å². The first-order valence-corrected chi connectivity index (χ1v) is 35.0. The van der Waals surface area contributed by atoms with E-state index in [-0.39, 0.29) is 147 Å². The molecule has 1 aromatic heterocycles. The summed E-state index contributed by atoms with van der Waals surface area (Å²) in [4.78, 5) is 176. The number of carbonyl (C=O) groups is 12. The van der Waals surface area contributed by atoms with Crippen LogP contribution in [0.15, 0.2) is 85.1 Å². The number of hydrogen-bond donors (Lipinski definition) is 17. The van der Waals surface area contributed by atoms with Crippen molar-refractivity contribution in [3.05, 3.63) is 102 Å². The molecule has 2 fully saturated rings. The molecule has 2 saturated heterocycles. The summed E-state index contributed by atoms with van der Waals surface area (Å²) in [6, 6.07) is 7.92. The fraction of sp³-hybridized carbons (Fsp3) is 0.508. The summed E-state index contributed by atoms with van der Waals surface area (Å²) in [5.74, 6) is -14.0. The first-order valence-electron chi connectivity index (χ1n) is 32.5. The van der Waals surface area contributed by atoms with Gasteiger partial charge in [0, 0.05) is 144 Å². The number of carboxylic acid groups (broad SMARTS) is 4. The maximum absolute atomic E-state index is 15.3. The SMILES string of the molecule is C[C@@H](O)[C@H](NC(=O)C1CSSC[C@H](NC(=O)[C@@H](Cc2ccccc2)NC(=O)CN2CCN(CC(=O)O)CCN(CC(=O)O)CCN(CC(=O)O)CC2)C(=O)N[C@@H](Cc2ccc(O)cc2)C(=O)N[C@H](Cc2c[nH]c3ccccc23)C(=O)N[C@@H](CCCCN)C(=O)N[C@@H]([C@@H](C)O)C(=O)N1)C(=O)O.[225Ac]. The van der Waals surface area contributed by atoms with Crippen molar-refractivity contribution in [2.75, 3.05) is 96.6 Å². The van der Waals surface area contributed by atoms with Gasteiger partial charge < -0.3 is 89.0 Å². The van der Waals surface area contributed by atoms with Crippen LogP contribution in [0.1, 0.15) is 49.8 Å². The zero-order valence-corrected chi connectivity index (χ0v) is 62.4. The van der Waals surface area contributed by atoms with Crippen molar-refractivity contribution in [1.82, 2.24) is 67.1 Å². The molecule has 18 N–H and O–H groups in total. The van der Waals surface area contributed by atoms with Gasteiger partial charge in [-0.15, -0.1) is 0 Å². The molecule has 0 aliphatic carbocycles. The third-order valence-corrected chi connectivity index (χ3v) is 19.0. The van der Waals surface area contributed by atoms with E-state index >= 15 is 14.4 Å². The summed E-state index contributed by atoms with van der Waals surface area (Å²) in [6.45, 7) is 1.38. The summed E-state index contributed by atoms with van der Waals surface area (Å²) >= 11 is 0. The number of phenolic OH excluding ortho intramolecular Hbond substituents is 1. The third kappa shape index (κ3) is 28.7. The van der Waals surface area contributed by atoms with Crippen LogP contribution >= 0.6 is 21.6 Å². The molecular formula is C65H90AcN14O19S2. The van der Waals surface area contributed by atoms with Crippen LogP contribution in [0.2, 0.25) is 0 Å². The minimum Gasteiger partial charge on any atom is -0.508 e. The molecule has 0 spiro atoms. The summed E-state index contributed by atoms with van der Waals surface area (Å²) in [6.07, 6.45) is -1.92. The van der Waals surface area contributed by atoms with Gasteiger partial charge in [-0.05, 0) is 74.5 Å². The largest absolute Gasteiger partial charge is 0.508 e. The van der Waals surface area contributed by atoms with Crippen LogP contribution in [-0.4, -0.2) is 289 Å². The van der Waals surface area contributed by atoms with Gasteiger partial charge in [-0.1, -0.05) is 82.3 Å². The Morgan fingerprint density at radius 3 is 1.64 bits per heavy atom. The Bertz CT molecular complexity index is 3420. The molecule has 2 aliphatic heterocycles. The molecular weight excluding hydrogens is 1570 g/mol. The maximum Gasteiger partial charge on any atom is 0.328 e. The van der Waals surface area contributed by atoms with Crippen molar-refractivity contribution in [2.45, 2.75) is 113 Å². The second kappa shape index (κ2) is 42.8. The number of unbranched alkanes of at least 4 members (excludes halogenated alkanes) is 1. The molecule has 3 aromatic carbocycles. The van der Waals surface area contributed by atoms with Crippen LogP contribution in [0.4, 0.5) is 0 Å². The van der Waals surface area contributed by atoms with Gasteiger partial charge in [-0.3, -0.25) is 72.3 Å². The number of aliphatic hydroxyl groups is 2. The number of aliphatic hydroxyl groups excluding tert-OH is 2. The molecule has 33 nitrogen and oxygen atoms in total. The Balaban J connectivity index is 0.0000184. The number of carbonyl (C=O) groups excluding carboxylic acids is 8. The monoisotopic (exact) mass is 1660 g/mol. The number of phenols is 1. The molecule has 0 saturated carbocycles. The number of nitrogens with zero attached hydrogens (tertiary/aromatic N) is 4. The molecule has 101 heavy (non-hydrogen) atoms. The van der Waals surface area contributed by atoms with E-state index in [1.165, 1.54) is 24.3 Å². The number of nitrogens with two attached hydrogens (primary N) is 1. The molecule has 10 atom stereocenters. The number of rotatable bonds is 26. The van der Waals surface area contributed by atoms with Crippen LogP contribution in [0.25, 0.3) is 10.9 Å². The molecule has 549 valence electrons. The first kappa shape index (κ1) is 84.2. The van der Waals surface area contributed by atoms with Gasteiger partial charge in [0.1, 0.15) is 48.0 Å². The van der Waals surface area contributed by atoms with E-state index in [1.54, 1.807) is 80.4 Å². The Hall–Kier alpha value is -7.50. The second-order valence-corrected chi connectivity index (χ2v) is 27.0. The molecule has 6 rings (SSSR count). The molecule has 36 heteroatoms. The maximum atomic E-state index is 15.3. The van der Waals surface area contributed by atoms with Gasteiger partial charge >= 0.3 is 23.9 Å². The van der Waals surface area contributed by atoms with Crippen molar-refractivity contribution in [2.24, 2.45) is 5.73 Å². The normalized spacial score (nSPS) is 21.7. The zero-order valence-electron chi connectivity index (χ0n) is 56.0. The number of amides is 8. The van der Waals surface area contributed by atoms with Crippen LogP contribution < -0.4 is 48.3 Å². The summed E-state index contributed by atoms with van der Waals surface area (Å²) in [7, 11) is 1.66. The van der Waals surface area contributed by atoms with E-state index in [1.807, 2.05) is 0 Å². The molecule has 2 aliphatic rings. The van der Waals surface area contributed by atoms with Crippen LogP contribution in [0, 0.1) is 44.1 Å². The Kier molecular flexibility index (Phi) is 35.7. The van der Waals surface area contributed by atoms with E-state index < -0.39 is 163 Å². The number of para-hydroxylation sites is 1. The Morgan fingerprint density at radius 1 is 0.584 bits per heavy atom. The van der Waals surface area contributed by atoms with Crippen molar-refractivity contribution < 1.29 is 137 Å². The van der Waals surface area contributed by atoms with Crippen LogP contribution in [-0.2, 0) is 76.8 Å². The number of hydrogen-bond acceptors (Lipinski definition) is 22. The smallest absolute Gasteiger partial charge is 0.328 e. The molecule has 1 unspecified atom stereocenters. The number of H-pyrrole nitrogens is 1. The number of nitrogens with one attached hydrogen (secondary N) is 9. The topological polar surface area (TPSA) is 497 Å². The third-order valence-electron chi connectivity index (χ3n) is 16.6. The van der Waals surface area contributed by atoms with Crippen molar-refractivity contribution >= 4 is 104 Å². The second-order valence-electron chi connectivity index (χ2n) is 24.5. The minimum absolute atomic E-state index is 0. The van der Waals surface area contributed by atoms with Gasteiger partial charge in [0.05, 0.1) is 38.4 Å². The number of aromatic amines is 1. The molecule has 1 radical (unpaired) electrons. The van der Waals surface area contributed by atoms with Gasteiger partial charge in [0.25, 0.3) is 0 Å².